The first-order valence-electron chi connectivity index (χ1n) is 9.86. The standard InChI is InChI=1S/C22H31NO3/c1-3-4-5-6-7-11-14-22(2,17-24)19-15-20(25)23(21(19)26)16-18-12-9-8-10-13-18/h8-10,12-13,17,19H,3-7,11,14-16H2,1-2H3/t19-,22?/m0/s1. The van der Waals surface area contributed by atoms with Gasteiger partial charge < -0.3 is 4.79 Å². The zero-order valence-corrected chi connectivity index (χ0v) is 16.1. The van der Waals surface area contributed by atoms with E-state index in [1.165, 1.54) is 30.6 Å². The minimum Gasteiger partial charge on any atom is -0.303 e. The van der Waals surface area contributed by atoms with Crippen molar-refractivity contribution in [2.24, 2.45) is 11.3 Å². The number of amides is 2. The molecule has 1 heterocycles. The lowest BCUT2D eigenvalue weighted by Gasteiger charge is -2.28. The fraction of sp³-hybridized carbons (Fsp3) is 0.591. The Balaban J connectivity index is 1.96. The first-order valence-corrected chi connectivity index (χ1v) is 9.86. The highest BCUT2D eigenvalue weighted by atomic mass is 16.2. The Morgan fingerprint density at radius 3 is 2.38 bits per heavy atom. The van der Waals surface area contributed by atoms with E-state index in [9.17, 15) is 14.4 Å². The van der Waals surface area contributed by atoms with Crippen molar-refractivity contribution in [1.82, 2.24) is 4.90 Å². The summed E-state index contributed by atoms with van der Waals surface area (Å²) < 4.78 is 0. The average molecular weight is 357 g/mol. The number of imide groups is 1. The van der Waals surface area contributed by atoms with Crippen LogP contribution in [0.5, 0.6) is 0 Å². The maximum atomic E-state index is 12.8. The van der Waals surface area contributed by atoms with Gasteiger partial charge in [0, 0.05) is 11.8 Å². The third-order valence-corrected chi connectivity index (χ3v) is 5.56. The van der Waals surface area contributed by atoms with Crippen molar-refractivity contribution in [2.45, 2.75) is 71.8 Å². The molecule has 0 saturated carbocycles. The molecule has 4 nitrogen and oxygen atoms in total. The molecular formula is C22H31NO3. The van der Waals surface area contributed by atoms with Crippen LogP contribution in [0.25, 0.3) is 0 Å². The SMILES string of the molecule is CCCCCCCCC(C)(C=O)[C@H]1CC(=O)N(Cc2ccccc2)C1=O. The van der Waals surface area contributed by atoms with Crippen molar-refractivity contribution in [1.29, 1.82) is 0 Å². The number of benzene rings is 1. The van der Waals surface area contributed by atoms with E-state index in [0.717, 1.165) is 24.7 Å². The molecule has 1 aromatic rings. The summed E-state index contributed by atoms with van der Waals surface area (Å²) in [5.74, 6) is -0.883. The average Bonchev–Trinajstić information content (AvgIpc) is 2.94. The van der Waals surface area contributed by atoms with E-state index in [0.29, 0.717) is 13.0 Å². The Bertz CT molecular complexity index is 613. The van der Waals surface area contributed by atoms with Crippen molar-refractivity contribution in [3.8, 4) is 0 Å². The van der Waals surface area contributed by atoms with E-state index in [1.807, 2.05) is 37.3 Å². The minimum absolute atomic E-state index is 0.150. The molecule has 1 fully saturated rings. The molecule has 0 aliphatic carbocycles. The summed E-state index contributed by atoms with van der Waals surface area (Å²) in [4.78, 5) is 38.4. The second kappa shape index (κ2) is 9.65. The van der Waals surface area contributed by atoms with Crippen molar-refractivity contribution >= 4 is 18.1 Å². The lowest BCUT2D eigenvalue weighted by atomic mass is 9.73. The topological polar surface area (TPSA) is 54.5 Å². The first-order chi connectivity index (χ1) is 12.5. The van der Waals surface area contributed by atoms with Gasteiger partial charge in [-0.1, -0.05) is 82.7 Å². The van der Waals surface area contributed by atoms with Crippen LogP contribution >= 0.6 is 0 Å². The lowest BCUT2D eigenvalue weighted by molar-refractivity contribution is -0.142. The van der Waals surface area contributed by atoms with Crippen LogP contribution in [-0.4, -0.2) is 23.0 Å². The molecule has 0 bridgehead atoms. The molecule has 1 aliphatic heterocycles. The fourth-order valence-electron chi connectivity index (χ4n) is 3.73. The smallest absolute Gasteiger partial charge is 0.234 e. The Labute approximate surface area is 157 Å². The molecule has 0 N–H and O–H groups in total. The van der Waals surface area contributed by atoms with Gasteiger partial charge in [0.15, 0.2) is 0 Å². The highest BCUT2D eigenvalue weighted by molar-refractivity contribution is 6.05. The van der Waals surface area contributed by atoms with Crippen LogP contribution in [0, 0.1) is 11.3 Å². The number of carbonyl (C=O) groups excluding carboxylic acids is 3. The van der Waals surface area contributed by atoms with Crippen LogP contribution in [-0.2, 0) is 20.9 Å². The van der Waals surface area contributed by atoms with Crippen molar-refractivity contribution < 1.29 is 14.4 Å². The molecular weight excluding hydrogens is 326 g/mol. The van der Waals surface area contributed by atoms with Gasteiger partial charge in [-0.2, -0.15) is 0 Å². The zero-order valence-electron chi connectivity index (χ0n) is 16.1. The van der Waals surface area contributed by atoms with Gasteiger partial charge in [-0.05, 0) is 12.0 Å². The molecule has 0 aromatic heterocycles. The summed E-state index contributed by atoms with van der Waals surface area (Å²) in [6, 6.07) is 9.51. The quantitative estimate of drug-likeness (QED) is 0.332. The molecule has 2 amide bonds. The van der Waals surface area contributed by atoms with Crippen LogP contribution in [0.15, 0.2) is 30.3 Å². The van der Waals surface area contributed by atoms with Gasteiger partial charge in [-0.15, -0.1) is 0 Å². The molecule has 4 heteroatoms. The van der Waals surface area contributed by atoms with Crippen LogP contribution in [0.1, 0.15) is 70.8 Å². The largest absolute Gasteiger partial charge is 0.303 e. The summed E-state index contributed by atoms with van der Waals surface area (Å²) in [7, 11) is 0. The molecule has 2 atom stereocenters. The van der Waals surface area contributed by atoms with Crippen LogP contribution in [0.3, 0.4) is 0 Å². The Morgan fingerprint density at radius 1 is 1.08 bits per heavy atom. The van der Waals surface area contributed by atoms with E-state index in [4.69, 9.17) is 0 Å². The summed E-state index contributed by atoms with van der Waals surface area (Å²) in [6.07, 6.45) is 8.57. The Kier molecular flexibility index (Phi) is 7.55. The van der Waals surface area contributed by atoms with E-state index in [2.05, 4.69) is 6.92 Å². The molecule has 1 aliphatic rings. The summed E-state index contributed by atoms with van der Waals surface area (Å²) in [5, 5.41) is 0. The predicted octanol–water partition coefficient (Wildman–Crippen LogP) is 4.52. The summed E-state index contributed by atoms with van der Waals surface area (Å²) in [5.41, 5.74) is 0.182. The number of likely N-dealkylation sites (tertiary alicyclic amines) is 1. The number of carbonyl (C=O) groups is 3. The van der Waals surface area contributed by atoms with Gasteiger partial charge in [0.05, 0.1) is 12.5 Å². The number of unbranched alkanes of at least 4 members (excludes halogenated alkanes) is 5. The van der Waals surface area contributed by atoms with E-state index >= 15 is 0 Å². The number of nitrogens with zero attached hydrogens (tertiary/aromatic N) is 1. The van der Waals surface area contributed by atoms with Crippen molar-refractivity contribution in [2.75, 3.05) is 0 Å². The van der Waals surface area contributed by atoms with Gasteiger partial charge in [0.1, 0.15) is 6.29 Å². The third-order valence-electron chi connectivity index (χ3n) is 5.56. The van der Waals surface area contributed by atoms with Crippen LogP contribution in [0.4, 0.5) is 0 Å². The molecule has 142 valence electrons. The zero-order chi connectivity index (χ0) is 19.0. The van der Waals surface area contributed by atoms with E-state index in [1.54, 1.807) is 0 Å². The van der Waals surface area contributed by atoms with Gasteiger partial charge in [0.2, 0.25) is 11.8 Å². The van der Waals surface area contributed by atoms with E-state index in [-0.39, 0.29) is 18.2 Å². The maximum absolute atomic E-state index is 12.8. The van der Waals surface area contributed by atoms with E-state index < -0.39 is 11.3 Å². The molecule has 0 radical (unpaired) electrons. The molecule has 1 unspecified atom stereocenters. The molecule has 1 aromatic carbocycles. The number of rotatable bonds is 11. The molecule has 2 rings (SSSR count). The second-order valence-electron chi connectivity index (χ2n) is 7.70. The number of hydrogen-bond donors (Lipinski definition) is 0. The van der Waals surface area contributed by atoms with Gasteiger partial charge in [0.25, 0.3) is 0 Å². The highest BCUT2D eigenvalue weighted by Crippen LogP contribution is 2.39. The van der Waals surface area contributed by atoms with Crippen LogP contribution in [0.2, 0.25) is 0 Å². The lowest BCUT2D eigenvalue weighted by Crippen LogP contribution is -2.37. The van der Waals surface area contributed by atoms with Crippen molar-refractivity contribution in [3.05, 3.63) is 35.9 Å². The monoisotopic (exact) mass is 357 g/mol. The molecule has 0 spiro atoms. The van der Waals surface area contributed by atoms with Crippen molar-refractivity contribution in [3.63, 3.8) is 0 Å². The fourth-order valence-corrected chi connectivity index (χ4v) is 3.73. The van der Waals surface area contributed by atoms with Gasteiger partial charge in [-0.3, -0.25) is 14.5 Å². The second-order valence-corrected chi connectivity index (χ2v) is 7.70. The van der Waals surface area contributed by atoms with Gasteiger partial charge in [-0.25, -0.2) is 0 Å². The first kappa shape index (κ1) is 20.3. The molecule has 1 saturated heterocycles. The Hall–Kier alpha value is -1.97. The van der Waals surface area contributed by atoms with Gasteiger partial charge >= 0.3 is 0 Å². The number of aldehydes is 1. The number of hydrogen-bond acceptors (Lipinski definition) is 3. The maximum Gasteiger partial charge on any atom is 0.234 e. The summed E-state index contributed by atoms with van der Waals surface area (Å²) in [6.45, 7) is 4.32. The minimum atomic E-state index is -0.747. The normalized spacial score (nSPS) is 19.6. The Morgan fingerprint density at radius 2 is 1.73 bits per heavy atom. The van der Waals surface area contributed by atoms with Crippen LogP contribution < -0.4 is 0 Å². The molecule has 26 heavy (non-hydrogen) atoms. The summed E-state index contributed by atoms with van der Waals surface area (Å²) >= 11 is 0. The highest BCUT2D eigenvalue weighted by Gasteiger charge is 2.48. The third kappa shape index (κ3) is 5.03. The predicted molar refractivity (Wildman–Crippen MR) is 102 cm³/mol.